The van der Waals surface area contributed by atoms with Crippen LogP contribution in [0.2, 0.25) is 0 Å². The minimum Gasteiger partial charge on any atom is -0.447 e. The largest absolute Gasteiger partial charge is 0.447 e. The quantitative estimate of drug-likeness (QED) is 0.716. The van der Waals surface area contributed by atoms with Crippen LogP contribution >= 0.6 is 0 Å². The van der Waals surface area contributed by atoms with Gasteiger partial charge < -0.3 is 14.5 Å². The van der Waals surface area contributed by atoms with E-state index in [1.54, 1.807) is 25.8 Å². The molecule has 0 aromatic carbocycles. The Bertz CT molecular complexity index is 237. The van der Waals surface area contributed by atoms with E-state index in [0.29, 0.717) is 13.1 Å². The summed E-state index contributed by atoms with van der Waals surface area (Å²) in [6, 6.07) is 0. The lowest BCUT2D eigenvalue weighted by atomic mass is 10.4. The van der Waals surface area contributed by atoms with Gasteiger partial charge in [0.15, 0.2) is 0 Å². The number of carbonyl (C=O) groups is 2. The zero-order valence-corrected chi connectivity index (χ0v) is 10.8. The first-order chi connectivity index (χ1) is 7.42. The van der Waals surface area contributed by atoms with Gasteiger partial charge in [-0.1, -0.05) is 0 Å². The summed E-state index contributed by atoms with van der Waals surface area (Å²) < 4.78 is 4.98. The summed E-state index contributed by atoms with van der Waals surface area (Å²) in [4.78, 5) is 26.1. The van der Waals surface area contributed by atoms with E-state index in [1.165, 1.54) is 4.90 Å². The van der Waals surface area contributed by atoms with Crippen LogP contribution in [0, 0.1) is 0 Å². The lowest BCUT2D eigenvalue weighted by Gasteiger charge is -2.23. The van der Waals surface area contributed by atoms with E-state index in [0.717, 1.165) is 0 Å². The van der Waals surface area contributed by atoms with Crippen LogP contribution < -0.4 is 0 Å². The smallest absolute Gasteiger partial charge is 0.410 e. The molecule has 0 aromatic rings. The molecular formula is C11H22N2O3. The van der Waals surface area contributed by atoms with E-state index in [9.17, 15) is 9.59 Å². The lowest BCUT2D eigenvalue weighted by molar-refractivity contribution is -0.131. The molecule has 0 fully saturated rings. The van der Waals surface area contributed by atoms with Crippen molar-refractivity contribution in [2.24, 2.45) is 0 Å². The van der Waals surface area contributed by atoms with Gasteiger partial charge in [0, 0.05) is 20.1 Å². The molecule has 0 aromatic heterocycles. The Labute approximate surface area is 97.3 Å². The standard InChI is InChI=1S/C11H22N2O3/c1-6-13(7-2)10(14)8-12(5)11(15)16-9(3)4/h9H,6-8H2,1-5H3. The van der Waals surface area contributed by atoms with E-state index in [4.69, 9.17) is 4.74 Å². The first kappa shape index (κ1) is 14.7. The Morgan fingerprint density at radius 2 is 1.69 bits per heavy atom. The third-order valence-corrected chi connectivity index (χ3v) is 2.14. The number of amides is 2. The Kier molecular flexibility index (Phi) is 6.53. The Balaban J connectivity index is 4.17. The molecule has 0 bridgehead atoms. The van der Waals surface area contributed by atoms with Crippen molar-refractivity contribution in [1.29, 1.82) is 0 Å². The van der Waals surface area contributed by atoms with Crippen LogP contribution in [-0.4, -0.2) is 54.6 Å². The summed E-state index contributed by atoms with van der Waals surface area (Å²) in [5.41, 5.74) is 0. The Hall–Kier alpha value is -1.26. The number of ether oxygens (including phenoxy) is 1. The van der Waals surface area contributed by atoms with Crippen molar-refractivity contribution in [2.75, 3.05) is 26.7 Å². The summed E-state index contributed by atoms with van der Waals surface area (Å²) in [6.07, 6.45) is -0.631. The predicted octanol–water partition coefficient (Wildman–Crippen LogP) is 1.33. The van der Waals surface area contributed by atoms with Gasteiger partial charge >= 0.3 is 6.09 Å². The molecule has 0 aliphatic heterocycles. The molecule has 0 heterocycles. The number of hydrogen-bond acceptors (Lipinski definition) is 3. The molecule has 0 rings (SSSR count). The number of carbonyl (C=O) groups excluding carboxylic acids is 2. The van der Waals surface area contributed by atoms with Crippen molar-refractivity contribution in [3.63, 3.8) is 0 Å². The van der Waals surface area contributed by atoms with Gasteiger partial charge in [-0.3, -0.25) is 4.79 Å². The van der Waals surface area contributed by atoms with Crippen molar-refractivity contribution in [2.45, 2.75) is 33.8 Å². The summed E-state index contributed by atoms with van der Waals surface area (Å²) in [7, 11) is 1.56. The summed E-state index contributed by atoms with van der Waals surface area (Å²) in [5.74, 6) is -0.0618. The molecule has 0 spiro atoms. The molecular weight excluding hydrogens is 208 g/mol. The maximum Gasteiger partial charge on any atom is 0.410 e. The monoisotopic (exact) mass is 230 g/mol. The van der Waals surface area contributed by atoms with E-state index in [-0.39, 0.29) is 18.6 Å². The van der Waals surface area contributed by atoms with Gasteiger partial charge in [0.2, 0.25) is 5.91 Å². The SMILES string of the molecule is CCN(CC)C(=O)CN(C)C(=O)OC(C)C. The third-order valence-electron chi connectivity index (χ3n) is 2.14. The first-order valence-electron chi connectivity index (χ1n) is 5.61. The number of likely N-dealkylation sites (N-methyl/N-ethyl adjacent to an activating group) is 2. The highest BCUT2D eigenvalue weighted by atomic mass is 16.6. The van der Waals surface area contributed by atoms with Gasteiger partial charge in [-0.25, -0.2) is 4.79 Å². The topological polar surface area (TPSA) is 49.9 Å². The minimum atomic E-state index is -0.462. The molecule has 0 N–H and O–H groups in total. The average molecular weight is 230 g/mol. The highest BCUT2D eigenvalue weighted by Gasteiger charge is 2.17. The second-order valence-electron chi connectivity index (χ2n) is 3.85. The average Bonchev–Trinajstić information content (AvgIpc) is 2.18. The molecule has 0 unspecified atom stereocenters. The van der Waals surface area contributed by atoms with Gasteiger partial charge in [-0.2, -0.15) is 0 Å². The number of rotatable bonds is 5. The molecule has 0 aliphatic rings. The van der Waals surface area contributed by atoms with E-state index in [2.05, 4.69) is 0 Å². The second kappa shape index (κ2) is 7.09. The summed E-state index contributed by atoms with van der Waals surface area (Å²) in [5, 5.41) is 0. The van der Waals surface area contributed by atoms with Gasteiger partial charge in [0.1, 0.15) is 6.54 Å². The molecule has 0 saturated carbocycles. The normalized spacial score (nSPS) is 10.1. The molecule has 5 nitrogen and oxygen atoms in total. The highest BCUT2D eigenvalue weighted by Crippen LogP contribution is 1.98. The van der Waals surface area contributed by atoms with Crippen LogP contribution in [0.15, 0.2) is 0 Å². The maximum absolute atomic E-state index is 11.7. The first-order valence-corrected chi connectivity index (χ1v) is 5.61. The van der Waals surface area contributed by atoms with Crippen LogP contribution in [0.5, 0.6) is 0 Å². The van der Waals surface area contributed by atoms with Crippen molar-refractivity contribution in [3.05, 3.63) is 0 Å². The molecule has 0 aliphatic carbocycles. The van der Waals surface area contributed by atoms with Crippen LogP contribution in [0.25, 0.3) is 0 Å². The summed E-state index contributed by atoms with van der Waals surface area (Å²) in [6.45, 7) is 8.75. The fourth-order valence-electron chi connectivity index (χ4n) is 1.24. The minimum absolute atomic E-state index is 0.0618. The van der Waals surface area contributed by atoms with Gasteiger partial charge in [-0.15, -0.1) is 0 Å². The predicted molar refractivity (Wildman–Crippen MR) is 62.2 cm³/mol. The fourth-order valence-corrected chi connectivity index (χ4v) is 1.24. The van der Waals surface area contributed by atoms with Crippen LogP contribution in [-0.2, 0) is 9.53 Å². The van der Waals surface area contributed by atoms with Gasteiger partial charge in [-0.05, 0) is 27.7 Å². The molecule has 2 amide bonds. The Morgan fingerprint density at radius 1 is 1.19 bits per heavy atom. The lowest BCUT2D eigenvalue weighted by Crippen LogP contribution is -2.41. The zero-order valence-electron chi connectivity index (χ0n) is 10.8. The van der Waals surface area contributed by atoms with E-state index < -0.39 is 6.09 Å². The van der Waals surface area contributed by atoms with Gasteiger partial charge in [0.25, 0.3) is 0 Å². The van der Waals surface area contributed by atoms with Crippen molar-refractivity contribution >= 4 is 12.0 Å². The van der Waals surface area contributed by atoms with Crippen LogP contribution in [0.3, 0.4) is 0 Å². The van der Waals surface area contributed by atoms with Gasteiger partial charge in [0.05, 0.1) is 6.10 Å². The molecule has 16 heavy (non-hydrogen) atoms. The molecule has 5 heteroatoms. The molecule has 0 saturated heterocycles. The van der Waals surface area contributed by atoms with Crippen LogP contribution in [0.1, 0.15) is 27.7 Å². The molecule has 0 atom stereocenters. The summed E-state index contributed by atoms with van der Waals surface area (Å²) >= 11 is 0. The van der Waals surface area contributed by atoms with Crippen molar-refractivity contribution in [1.82, 2.24) is 9.80 Å². The van der Waals surface area contributed by atoms with Crippen LogP contribution in [0.4, 0.5) is 4.79 Å². The highest BCUT2D eigenvalue weighted by molar-refractivity contribution is 5.82. The fraction of sp³-hybridized carbons (Fsp3) is 0.818. The second-order valence-corrected chi connectivity index (χ2v) is 3.85. The third kappa shape index (κ3) is 5.00. The Morgan fingerprint density at radius 3 is 2.06 bits per heavy atom. The zero-order chi connectivity index (χ0) is 12.7. The van der Waals surface area contributed by atoms with Crippen molar-refractivity contribution in [3.8, 4) is 0 Å². The maximum atomic E-state index is 11.7. The molecule has 0 radical (unpaired) electrons. The van der Waals surface area contributed by atoms with E-state index in [1.807, 2.05) is 13.8 Å². The van der Waals surface area contributed by atoms with Crippen molar-refractivity contribution < 1.29 is 14.3 Å². The molecule has 94 valence electrons. The van der Waals surface area contributed by atoms with E-state index >= 15 is 0 Å². The number of nitrogens with zero attached hydrogens (tertiary/aromatic N) is 2. The number of hydrogen-bond donors (Lipinski definition) is 0.